The number of hydrogen-bond acceptors (Lipinski definition) is 4. The highest BCUT2D eigenvalue weighted by molar-refractivity contribution is 5.91. The van der Waals surface area contributed by atoms with Crippen molar-refractivity contribution in [2.45, 2.75) is 63.8 Å². The Morgan fingerprint density at radius 2 is 1.97 bits per heavy atom. The van der Waals surface area contributed by atoms with E-state index in [1.54, 1.807) is 12.1 Å². The van der Waals surface area contributed by atoms with Gasteiger partial charge in [0.25, 0.3) is 5.91 Å². The van der Waals surface area contributed by atoms with E-state index in [0.29, 0.717) is 31.0 Å². The molecule has 6 nitrogen and oxygen atoms in total. The number of nitrogens with zero attached hydrogens (tertiary/aromatic N) is 2. The normalized spacial score (nSPS) is 15.4. The Morgan fingerprint density at radius 1 is 1.15 bits per heavy atom. The molecule has 1 aromatic carbocycles. The summed E-state index contributed by atoms with van der Waals surface area (Å²) in [6.45, 7) is 0.822. The fourth-order valence-corrected chi connectivity index (χ4v) is 4.34. The Labute approximate surface area is 195 Å². The summed E-state index contributed by atoms with van der Waals surface area (Å²) in [6.07, 6.45) is 1.14. The predicted octanol–water partition coefficient (Wildman–Crippen LogP) is 5.26. The van der Waals surface area contributed by atoms with Gasteiger partial charge in [-0.15, -0.1) is 0 Å². The van der Waals surface area contributed by atoms with Gasteiger partial charge in [0.1, 0.15) is 18.1 Å². The van der Waals surface area contributed by atoms with Crippen LogP contribution in [0.4, 0.5) is 13.2 Å². The molecule has 1 N–H and O–H groups in total. The minimum absolute atomic E-state index is 0.152. The number of aromatic nitrogens is 2. The van der Waals surface area contributed by atoms with Crippen molar-refractivity contribution in [1.29, 1.82) is 0 Å². The molecule has 0 spiro atoms. The average Bonchev–Trinajstić information content (AvgIpc) is 3.20. The summed E-state index contributed by atoms with van der Waals surface area (Å²) in [4.78, 5) is 12.4. The number of fused-ring (bicyclic) bond motifs is 1. The molecule has 0 aliphatic heterocycles. The average molecular weight is 473 g/mol. The second-order valence-corrected chi connectivity index (χ2v) is 8.90. The molecular weight excluding hydrogens is 447 g/mol. The summed E-state index contributed by atoms with van der Waals surface area (Å²) in [6, 6.07) is 10.5. The van der Waals surface area contributed by atoms with E-state index >= 15 is 0 Å². The number of alkyl halides is 3. The highest BCUT2D eigenvalue weighted by atomic mass is 19.4. The number of furan rings is 1. The molecule has 1 amide bonds. The first-order valence-corrected chi connectivity index (χ1v) is 11.6. The lowest BCUT2D eigenvalue weighted by Gasteiger charge is -2.08. The number of aryl methyl sites for hydroxylation is 3. The van der Waals surface area contributed by atoms with E-state index in [9.17, 15) is 18.0 Å². The predicted molar refractivity (Wildman–Crippen MR) is 118 cm³/mol. The van der Waals surface area contributed by atoms with Crippen LogP contribution in [0.3, 0.4) is 0 Å². The fourth-order valence-electron chi connectivity index (χ4n) is 4.34. The smallest absolute Gasteiger partial charge is 0.435 e. The molecule has 2 heterocycles. The Balaban J connectivity index is 1.09. The largest absolute Gasteiger partial charge is 0.486 e. The summed E-state index contributed by atoms with van der Waals surface area (Å²) in [5.74, 6) is 1.27. The molecule has 2 aromatic heterocycles. The second kappa shape index (κ2) is 9.19. The van der Waals surface area contributed by atoms with E-state index in [2.05, 4.69) is 22.5 Å². The SMILES string of the molecule is O=C(NCCCn1nc(C(F)(F)F)cc1C1CC1)c1ccc(COc2ccc3c(c2)CCC3)o1. The molecule has 1 fully saturated rings. The number of nitrogens with one attached hydrogen (secondary N) is 1. The first-order chi connectivity index (χ1) is 16.4. The third-order valence-corrected chi connectivity index (χ3v) is 6.27. The lowest BCUT2D eigenvalue weighted by atomic mass is 10.1. The van der Waals surface area contributed by atoms with Crippen molar-refractivity contribution < 1.29 is 27.1 Å². The number of rotatable bonds is 9. The minimum atomic E-state index is -4.45. The molecule has 1 saturated carbocycles. The number of halogens is 3. The first-order valence-electron chi connectivity index (χ1n) is 11.6. The number of hydrogen-bond donors (Lipinski definition) is 1. The van der Waals surface area contributed by atoms with E-state index in [4.69, 9.17) is 9.15 Å². The van der Waals surface area contributed by atoms with Crippen molar-refractivity contribution in [2.75, 3.05) is 6.54 Å². The van der Waals surface area contributed by atoms with Gasteiger partial charge >= 0.3 is 6.18 Å². The van der Waals surface area contributed by atoms with Crippen molar-refractivity contribution in [1.82, 2.24) is 15.1 Å². The summed E-state index contributed by atoms with van der Waals surface area (Å²) in [5, 5.41) is 6.48. The van der Waals surface area contributed by atoms with Gasteiger partial charge in [0.05, 0.1) is 0 Å². The molecular formula is C25H26F3N3O3. The number of benzene rings is 1. The lowest BCUT2D eigenvalue weighted by molar-refractivity contribution is -0.141. The van der Waals surface area contributed by atoms with Crippen molar-refractivity contribution in [2.24, 2.45) is 0 Å². The van der Waals surface area contributed by atoms with Crippen LogP contribution in [0.15, 0.2) is 40.8 Å². The zero-order valence-electron chi connectivity index (χ0n) is 18.7. The highest BCUT2D eigenvalue weighted by Gasteiger charge is 2.37. The second-order valence-electron chi connectivity index (χ2n) is 8.90. The van der Waals surface area contributed by atoms with Crippen molar-refractivity contribution >= 4 is 5.91 Å². The van der Waals surface area contributed by atoms with Gasteiger partial charge in [-0.1, -0.05) is 6.07 Å². The van der Waals surface area contributed by atoms with Crippen LogP contribution in [0.5, 0.6) is 5.75 Å². The molecule has 0 unspecified atom stereocenters. The zero-order chi connectivity index (χ0) is 23.7. The van der Waals surface area contributed by atoms with Crippen LogP contribution in [0.1, 0.15) is 70.4 Å². The van der Waals surface area contributed by atoms with Gasteiger partial charge in [-0.05, 0) is 80.0 Å². The zero-order valence-corrected chi connectivity index (χ0v) is 18.7. The quantitative estimate of drug-likeness (QED) is 0.431. The first kappa shape index (κ1) is 22.6. The maximum Gasteiger partial charge on any atom is 0.435 e. The molecule has 34 heavy (non-hydrogen) atoms. The van der Waals surface area contributed by atoms with Gasteiger partial charge in [-0.2, -0.15) is 18.3 Å². The van der Waals surface area contributed by atoms with Crippen LogP contribution < -0.4 is 10.1 Å². The van der Waals surface area contributed by atoms with Gasteiger partial charge in [0.2, 0.25) is 0 Å². The molecule has 180 valence electrons. The topological polar surface area (TPSA) is 69.3 Å². The Hall–Kier alpha value is -3.23. The van der Waals surface area contributed by atoms with Gasteiger partial charge < -0.3 is 14.5 Å². The third kappa shape index (κ3) is 5.13. The number of amides is 1. The van der Waals surface area contributed by atoms with Crippen LogP contribution in [0.25, 0.3) is 0 Å². The standard InChI is InChI=1S/C25H26F3N3O3/c26-25(27,28)23-14-21(17-5-6-17)31(30-23)12-2-11-29-24(32)22-10-9-20(34-22)15-33-19-8-7-16-3-1-4-18(16)13-19/h7-10,13-14,17H,1-6,11-12,15H2,(H,29,32). The fraction of sp³-hybridized carbons (Fsp3) is 0.440. The van der Waals surface area contributed by atoms with E-state index in [-0.39, 0.29) is 24.2 Å². The molecule has 0 radical (unpaired) electrons. The summed E-state index contributed by atoms with van der Waals surface area (Å²) < 4.78 is 51.8. The van der Waals surface area contributed by atoms with Crippen molar-refractivity contribution in [3.05, 3.63) is 70.4 Å². The van der Waals surface area contributed by atoms with E-state index in [1.165, 1.54) is 22.2 Å². The summed E-state index contributed by atoms with van der Waals surface area (Å²) in [7, 11) is 0. The summed E-state index contributed by atoms with van der Waals surface area (Å²) in [5.41, 5.74) is 2.47. The third-order valence-electron chi connectivity index (χ3n) is 6.27. The Kier molecular flexibility index (Phi) is 6.10. The number of ether oxygens (including phenoxy) is 1. The van der Waals surface area contributed by atoms with Crippen LogP contribution >= 0.6 is 0 Å². The Morgan fingerprint density at radius 3 is 2.76 bits per heavy atom. The number of carbonyl (C=O) groups is 1. The maximum absolute atomic E-state index is 13.0. The molecule has 2 aliphatic carbocycles. The minimum Gasteiger partial charge on any atom is -0.486 e. The van der Waals surface area contributed by atoms with Crippen molar-refractivity contribution in [3.63, 3.8) is 0 Å². The number of carbonyl (C=O) groups excluding carboxylic acids is 1. The van der Waals surface area contributed by atoms with Gasteiger partial charge in [-0.3, -0.25) is 9.48 Å². The van der Waals surface area contributed by atoms with E-state index in [1.807, 2.05) is 6.07 Å². The van der Waals surface area contributed by atoms with Crippen LogP contribution in [0.2, 0.25) is 0 Å². The molecule has 3 aromatic rings. The van der Waals surface area contributed by atoms with Gasteiger partial charge in [-0.25, -0.2) is 0 Å². The molecule has 2 aliphatic rings. The summed E-state index contributed by atoms with van der Waals surface area (Å²) >= 11 is 0. The van der Waals surface area contributed by atoms with Crippen molar-refractivity contribution in [3.8, 4) is 5.75 Å². The van der Waals surface area contributed by atoms with E-state index < -0.39 is 11.9 Å². The molecule has 0 saturated heterocycles. The van der Waals surface area contributed by atoms with Crippen LogP contribution in [-0.4, -0.2) is 22.2 Å². The van der Waals surface area contributed by atoms with Crippen LogP contribution in [-0.2, 0) is 32.2 Å². The molecule has 0 atom stereocenters. The van der Waals surface area contributed by atoms with E-state index in [0.717, 1.165) is 37.5 Å². The Bertz CT molecular complexity index is 1180. The molecule has 0 bridgehead atoms. The van der Waals surface area contributed by atoms with Crippen LogP contribution in [0, 0.1) is 0 Å². The lowest BCUT2D eigenvalue weighted by Crippen LogP contribution is -2.25. The monoisotopic (exact) mass is 473 g/mol. The van der Waals surface area contributed by atoms with Gasteiger partial charge in [0, 0.05) is 24.7 Å². The highest BCUT2D eigenvalue weighted by Crippen LogP contribution is 2.42. The van der Waals surface area contributed by atoms with Gasteiger partial charge in [0.15, 0.2) is 11.5 Å². The molecule has 5 rings (SSSR count). The molecule has 9 heteroatoms. The maximum atomic E-state index is 13.0.